The number of nitrogens with one attached hydrogen (secondary N) is 1. The van der Waals surface area contributed by atoms with Crippen LogP contribution in [0.4, 0.5) is 4.39 Å². The molecule has 0 bridgehead atoms. The summed E-state index contributed by atoms with van der Waals surface area (Å²) in [7, 11) is 0. The molecule has 0 aromatic heterocycles. The highest BCUT2D eigenvalue weighted by Crippen LogP contribution is 2.22. The van der Waals surface area contributed by atoms with E-state index < -0.39 is 0 Å². The molecule has 0 radical (unpaired) electrons. The van der Waals surface area contributed by atoms with Gasteiger partial charge >= 0.3 is 0 Å². The van der Waals surface area contributed by atoms with Gasteiger partial charge in [0.05, 0.1) is 0 Å². The fourth-order valence-electron chi connectivity index (χ4n) is 1.92. The van der Waals surface area contributed by atoms with Gasteiger partial charge in [0.25, 0.3) is 0 Å². The van der Waals surface area contributed by atoms with Crippen LogP contribution >= 0.6 is 0 Å². The molecule has 0 aliphatic carbocycles. The number of hydrogen-bond acceptors (Lipinski definition) is 1. The minimum absolute atomic E-state index is 0.0786. The van der Waals surface area contributed by atoms with Crippen molar-refractivity contribution in [2.75, 3.05) is 6.54 Å². The molecule has 0 saturated carbocycles. The molecule has 0 amide bonds. The lowest BCUT2D eigenvalue weighted by atomic mass is 9.99. The van der Waals surface area contributed by atoms with Crippen molar-refractivity contribution in [3.05, 3.63) is 34.6 Å². The third-order valence-electron chi connectivity index (χ3n) is 2.72. The van der Waals surface area contributed by atoms with Crippen LogP contribution in [0.3, 0.4) is 0 Å². The normalized spacial score (nSPS) is 12.9. The summed E-state index contributed by atoms with van der Waals surface area (Å²) in [5.41, 5.74) is 2.67. The highest BCUT2D eigenvalue weighted by molar-refractivity contribution is 5.32. The van der Waals surface area contributed by atoms with Gasteiger partial charge in [-0.15, -0.1) is 0 Å². The number of rotatable bonds is 4. The van der Waals surface area contributed by atoms with Gasteiger partial charge in [-0.25, -0.2) is 4.39 Å². The highest BCUT2D eigenvalue weighted by Gasteiger charge is 2.11. The maximum absolute atomic E-state index is 13.4. The maximum Gasteiger partial charge on any atom is 0.129 e. The Hall–Kier alpha value is -0.890. The lowest BCUT2D eigenvalue weighted by molar-refractivity contribution is 0.533. The Bertz CT molecular complexity index is 310. The molecule has 1 unspecified atom stereocenters. The first-order chi connectivity index (χ1) is 7.10. The lowest BCUT2D eigenvalue weighted by Gasteiger charge is -2.18. The standard InChI is InChI=1S/C13H20FN/c1-5-12(15-6-2)11-7-9(3)13(14)10(4)8-11/h7-8,12,15H,5-6H2,1-4H3. The first kappa shape index (κ1) is 12.2. The molecule has 0 heterocycles. The molecule has 0 spiro atoms. The first-order valence-electron chi connectivity index (χ1n) is 5.60. The Kier molecular flexibility index (Phi) is 4.28. The number of hydrogen-bond donors (Lipinski definition) is 1. The molecule has 0 saturated heterocycles. The smallest absolute Gasteiger partial charge is 0.129 e. The van der Waals surface area contributed by atoms with E-state index in [1.54, 1.807) is 0 Å². The molecule has 1 atom stereocenters. The zero-order valence-electron chi connectivity index (χ0n) is 10.0. The third-order valence-corrected chi connectivity index (χ3v) is 2.72. The minimum atomic E-state index is -0.0786. The Balaban J connectivity index is 3.03. The van der Waals surface area contributed by atoms with Crippen molar-refractivity contribution in [3.63, 3.8) is 0 Å². The van der Waals surface area contributed by atoms with Gasteiger partial charge < -0.3 is 5.32 Å². The zero-order valence-corrected chi connectivity index (χ0v) is 10.0. The van der Waals surface area contributed by atoms with Crippen molar-refractivity contribution in [1.29, 1.82) is 0 Å². The van der Waals surface area contributed by atoms with E-state index in [1.165, 1.54) is 5.56 Å². The van der Waals surface area contributed by atoms with Crippen molar-refractivity contribution < 1.29 is 4.39 Å². The molecule has 1 nitrogen and oxygen atoms in total. The van der Waals surface area contributed by atoms with Crippen molar-refractivity contribution in [3.8, 4) is 0 Å². The summed E-state index contributed by atoms with van der Waals surface area (Å²) in [6.07, 6.45) is 1.03. The van der Waals surface area contributed by atoms with E-state index in [4.69, 9.17) is 0 Å². The van der Waals surface area contributed by atoms with Gasteiger partial charge in [-0.1, -0.05) is 26.0 Å². The molecule has 1 aromatic rings. The lowest BCUT2D eigenvalue weighted by Crippen LogP contribution is -2.20. The predicted octanol–water partition coefficient (Wildman–Crippen LogP) is 3.50. The number of benzene rings is 1. The van der Waals surface area contributed by atoms with Crippen LogP contribution in [-0.4, -0.2) is 6.54 Å². The average Bonchev–Trinajstić information content (AvgIpc) is 2.22. The van der Waals surface area contributed by atoms with Gasteiger partial charge in [0, 0.05) is 6.04 Å². The monoisotopic (exact) mass is 209 g/mol. The molecular formula is C13H20FN. The molecule has 1 aromatic carbocycles. The van der Waals surface area contributed by atoms with Crippen LogP contribution in [0.25, 0.3) is 0 Å². The number of halogens is 1. The minimum Gasteiger partial charge on any atom is -0.310 e. The van der Waals surface area contributed by atoms with Gasteiger partial charge in [0.1, 0.15) is 5.82 Å². The number of aryl methyl sites for hydroxylation is 2. The fourth-order valence-corrected chi connectivity index (χ4v) is 1.92. The third kappa shape index (κ3) is 2.78. The average molecular weight is 209 g/mol. The summed E-state index contributed by atoms with van der Waals surface area (Å²) in [5, 5.41) is 3.40. The van der Waals surface area contributed by atoms with E-state index in [9.17, 15) is 4.39 Å². The summed E-state index contributed by atoms with van der Waals surface area (Å²) < 4.78 is 13.4. The van der Waals surface area contributed by atoms with Gasteiger partial charge in [0.2, 0.25) is 0 Å². The Morgan fingerprint density at radius 2 is 1.73 bits per heavy atom. The largest absolute Gasteiger partial charge is 0.310 e. The first-order valence-corrected chi connectivity index (χ1v) is 5.60. The van der Waals surface area contributed by atoms with E-state index in [1.807, 2.05) is 26.0 Å². The van der Waals surface area contributed by atoms with E-state index in [0.29, 0.717) is 6.04 Å². The Morgan fingerprint density at radius 1 is 1.20 bits per heavy atom. The molecule has 1 rings (SSSR count). The second kappa shape index (κ2) is 5.26. The molecule has 2 heteroatoms. The van der Waals surface area contributed by atoms with Crippen LogP contribution in [0.15, 0.2) is 12.1 Å². The van der Waals surface area contributed by atoms with Crippen LogP contribution in [0.2, 0.25) is 0 Å². The van der Waals surface area contributed by atoms with E-state index in [0.717, 1.165) is 24.1 Å². The van der Waals surface area contributed by atoms with E-state index in [2.05, 4.69) is 19.2 Å². The van der Waals surface area contributed by atoms with Crippen LogP contribution in [0.1, 0.15) is 43.0 Å². The second-order valence-electron chi connectivity index (χ2n) is 3.99. The SMILES string of the molecule is CCNC(CC)c1cc(C)c(F)c(C)c1. The van der Waals surface area contributed by atoms with Gasteiger partial charge in [-0.2, -0.15) is 0 Å². The van der Waals surface area contributed by atoms with Crippen LogP contribution in [0.5, 0.6) is 0 Å². The second-order valence-corrected chi connectivity index (χ2v) is 3.99. The van der Waals surface area contributed by atoms with Crippen molar-refractivity contribution in [1.82, 2.24) is 5.32 Å². The van der Waals surface area contributed by atoms with Gasteiger partial charge in [0.15, 0.2) is 0 Å². The Morgan fingerprint density at radius 3 is 2.13 bits per heavy atom. The Labute approximate surface area is 91.7 Å². The highest BCUT2D eigenvalue weighted by atomic mass is 19.1. The van der Waals surface area contributed by atoms with Crippen LogP contribution < -0.4 is 5.32 Å². The molecule has 0 aliphatic heterocycles. The van der Waals surface area contributed by atoms with Crippen LogP contribution in [-0.2, 0) is 0 Å². The topological polar surface area (TPSA) is 12.0 Å². The molecule has 0 aliphatic rings. The zero-order chi connectivity index (χ0) is 11.4. The fraction of sp³-hybridized carbons (Fsp3) is 0.538. The summed E-state index contributed by atoms with van der Waals surface area (Å²) >= 11 is 0. The van der Waals surface area contributed by atoms with Gasteiger partial charge in [-0.05, 0) is 43.5 Å². The van der Waals surface area contributed by atoms with Crippen molar-refractivity contribution in [2.45, 2.75) is 40.2 Å². The summed E-state index contributed by atoms with van der Waals surface area (Å²) in [5.74, 6) is -0.0786. The summed E-state index contributed by atoms with van der Waals surface area (Å²) in [6, 6.07) is 4.23. The quantitative estimate of drug-likeness (QED) is 0.800. The summed E-state index contributed by atoms with van der Waals surface area (Å²) in [4.78, 5) is 0. The molecule has 84 valence electrons. The van der Waals surface area contributed by atoms with E-state index >= 15 is 0 Å². The molecule has 1 N–H and O–H groups in total. The van der Waals surface area contributed by atoms with Gasteiger partial charge in [-0.3, -0.25) is 0 Å². The summed E-state index contributed by atoms with van der Waals surface area (Å²) in [6.45, 7) is 8.82. The molecule has 15 heavy (non-hydrogen) atoms. The maximum atomic E-state index is 13.4. The van der Waals surface area contributed by atoms with Crippen LogP contribution in [0, 0.1) is 19.7 Å². The van der Waals surface area contributed by atoms with Crippen molar-refractivity contribution in [2.24, 2.45) is 0 Å². The molecular weight excluding hydrogens is 189 g/mol. The molecule has 0 fully saturated rings. The van der Waals surface area contributed by atoms with Crippen molar-refractivity contribution >= 4 is 0 Å². The van der Waals surface area contributed by atoms with E-state index in [-0.39, 0.29) is 5.82 Å². The predicted molar refractivity (Wildman–Crippen MR) is 62.6 cm³/mol.